The Labute approximate surface area is 145 Å². The van der Waals surface area contributed by atoms with Crippen LogP contribution < -0.4 is 0 Å². The van der Waals surface area contributed by atoms with Gasteiger partial charge in [-0.15, -0.1) is 11.3 Å². The van der Waals surface area contributed by atoms with Crippen molar-refractivity contribution in [2.45, 2.75) is 6.92 Å². The maximum atomic E-state index is 2.35. The molecular formula is C23H16S. The Morgan fingerprint density at radius 3 is 2.29 bits per heavy atom. The van der Waals surface area contributed by atoms with Crippen molar-refractivity contribution in [2.24, 2.45) is 0 Å². The molecule has 0 nitrogen and oxygen atoms in total. The third-order valence-electron chi connectivity index (χ3n) is 4.70. The zero-order valence-electron chi connectivity index (χ0n) is 13.4. The second-order valence-electron chi connectivity index (χ2n) is 6.34. The van der Waals surface area contributed by atoms with Gasteiger partial charge in [-0.3, -0.25) is 0 Å². The maximum Gasteiger partial charge on any atom is 0.0361 e. The molecule has 114 valence electrons. The summed E-state index contributed by atoms with van der Waals surface area (Å²) in [6.07, 6.45) is 0. The predicted molar refractivity (Wildman–Crippen MR) is 107 cm³/mol. The lowest BCUT2D eigenvalue weighted by Crippen LogP contribution is -1.83. The van der Waals surface area contributed by atoms with Gasteiger partial charge in [-0.05, 0) is 46.5 Å². The fourth-order valence-corrected chi connectivity index (χ4v) is 4.74. The van der Waals surface area contributed by atoms with Crippen LogP contribution in [-0.4, -0.2) is 0 Å². The lowest BCUT2D eigenvalue weighted by atomic mass is 9.95. The summed E-state index contributed by atoms with van der Waals surface area (Å²) < 4.78 is 2.72. The molecule has 1 heteroatoms. The number of hydrogen-bond donors (Lipinski definition) is 0. The van der Waals surface area contributed by atoms with Crippen LogP contribution in [0.2, 0.25) is 0 Å². The maximum absolute atomic E-state index is 2.35. The molecule has 5 rings (SSSR count). The van der Waals surface area contributed by atoms with Crippen molar-refractivity contribution in [3.8, 4) is 11.1 Å². The summed E-state index contributed by atoms with van der Waals surface area (Å²) in [5.74, 6) is 0. The van der Waals surface area contributed by atoms with Crippen LogP contribution in [0.4, 0.5) is 0 Å². The standard InChI is InChI=1S/C23H16S/c1-15-12-16-6-2-3-7-18(16)21(13-15)17-10-11-20-19-8-4-5-9-22(19)24-23(20)14-17/h2-14H,1H3. The zero-order valence-corrected chi connectivity index (χ0v) is 14.2. The Morgan fingerprint density at radius 2 is 1.38 bits per heavy atom. The minimum atomic E-state index is 1.30. The van der Waals surface area contributed by atoms with Crippen LogP contribution in [0.5, 0.6) is 0 Å². The highest BCUT2D eigenvalue weighted by atomic mass is 32.1. The fraction of sp³-hybridized carbons (Fsp3) is 0.0435. The van der Waals surface area contributed by atoms with Crippen LogP contribution in [0.3, 0.4) is 0 Å². The molecule has 1 heterocycles. The van der Waals surface area contributed by atoms with E-state index in [1.165, 1.54) is 47.6 Å². The van der Waals surface area contributed by atoms with Gasteiger partial charge in [0.2, 0.25) is 0 Å². The molecule has 0 radical (unpaired) electrons. The van der Waals surface area contributed by atoms with Crippen molar-refractivity contribution >= 4 is 42.3 Å². The second kappa shape index (κ2) is 5.19. The number of aryl methyl sites for hydroxylation is 1. The molecule has 0 aliphatic rings. The van der Waals surface area contributed by atoms with Gasteiger partial charge in [0.15, 0.2) is 0 Å². The molecule has 0 spiro atoms. The van der Waals surface area contributed by atoms with E-state index in [1.807, 2.05) is 11.3 Å². The first-order chi connectivity index (χ1) is 11.8. The Kier molecular flexibility index (Phi) is 2.97. The number of thiophene rings is 1. The molecule has 4 aromatic carbocycles. The summed E-state index contributed by atoms with van der Waals surface area (Å²) in [4.78, 5) is 0. The molecule has 5 aromatic rings. The first kappa shape index (κ1) is 13.8. The van der Waals surface area contributed by atoms with Crippen molar-refractivity contribution in [1.82, 2.24) is 0 Å². The molecule has 0 aliphatic carbocycles. The average molecular weight is 324 g/mol. The Bertz CT molecular complexity index is 1210. The summed E-state index contributed by atoms with van der Waals surface area (Å²) >= 11 is 1.88. The van der Waals surface area contributed by atoms with Crippen LogP contribution in [0.25, 0.3) is 42.1 Å². The fourth-order valence-electron chi connectivity index (χ4n) is 3.59. The smallest absolute Gasteiger partial charge is 0.0361 e. The highest BCUT2D eigenvalue weighted by Gasteiger charge is 2.09. The van der Waals surface area contributed by atoms with Crippen LogP contribution in [-0.2, 0) is 0 Å². The van der Waals surface area contributed by atoms with E-state index in [0.717, 1.165) is 0 Å². The molecular weight excluding hydrogens is 308 g/mol. The van der Waals surface area contributed by atoms with Gasteiger partial charge >= 0.3 is 0 Å². The SMILES string of the molecule is Cc1cc(-c2ccc3c(c2)sc2ccccc23)c2ccccc2c1. The number of rotatable bonds is 1. The van der Waals surface area contributed by atoms with Gasteiger partial charge in [0.25, 0.3) is 0 Å². The van der Waals surface area contributed by atoms with Gasteiger partial charge in [-0.1, -0.05) is 66.7 Å². The molecule has 1 aromatic heterocycles. The predicted octanol–water partition coefficient (Wildman–Crippen LogP) is 7.18. The normalized spacial score (nSPS) is 11.5. The minimum absolute atomic E-state index is 1.30. The van der Waals surface area contributed by atoms with E-state index < -0.39 is 0 Å². The van der Waals surface area contributed by atoms with Crippen LogP contribution >= 0.6 is 11.3 Å². The van der Waals surface area contributed by atoms with Crippen molar-refractivity contribution in [3.05, 3.63) is 84.4 Å². The molecule has 0 saturated heterocycles. The van der Waals surface area contributed by atoms with E-state index in [9.17, 15) is 0 Å². The molecule has 24 heavy (non-hydrogen) atoms. The molecule has 0 unspecified atom stereocenters. The van der Waals surface area contributed by atoms with Crippen molar-refractivity contribution < 1.29 is 0 Å². The van der Waals surface area contributed by atoms with Gasteiger partial charge in [-0.25, -0.2) is 0 Å². The van der Waals surface area contributed by atoms with E-state index in [2.05, 4.69) is 85.8 Å². The monoisotopic (exact) mass is 324 g/mol. The highest BCUT2D eigenvalue weighted by Crippen LogP contribution is 2.38. The molecule has 0 fully saturated rings. The topological polar surface area (TPSA) is 0 Å². The lowest BCUT2D eigenvalue weighted by Gasteiger charge is -2.09. The largest absolute Gasteiger partial charge is 0.135 e. The second-order valence-corrected chi connectivity index (χ2v) is 7.43. The lowest BCUT2D eigenvalue weighted by molar-refractivity contribution is 1.50. The first-order valence-corrected chi connectivity index (χ1v) is 9.02. The minimum Gasteiger partial charge on any atom is -0.135 e. The average Bonchev–Trinajstić information content (AvgIpc) is 2.98. The van der Waals surface area contributed by atoms with E-state index in [1.54, 1.807) is 0 Å². The van der Waals surface area contributed by atoms with Crippen LogP contribution in [0.15, 0.2) is 78.9 Å². The summed E-state index contributed by atoms with van der Waals surface area (Å²) in [6, 6.07) is 28.8. The Morgan fingerprint density at radius 1 is 0.625 bits per heavy atom. The highest BCUT2D eigenvalue weighted by molar-refractivity contribution is 7.25. The summed E-state index contributed by atoms with van der Waals surface area (Å²) in [6.45, 7) is 2.17. The van der Waals surface area contributed by atoms with Gasteiger partial charge < -0.3 is 0 Å². The van der Waals surface area contributed by atoms with Crippen molar-refractivity contribution in [1.29, 1.82) is 0 Å². The quantitative estimate of drug-likeness (QED) is 0.306. The van der Waals surface area contributed by atoms with Crippen LogP contribution in [0.1, 0.15) is 5.56 Å². The Hall–Kier alpha value is -2.64. The van der Waals surface area contributed by atoms with Gasteiger partial charge in [0.05, 0.1) is 0 Å². The van der Waals surface area contributed by atoms with E-state index in [4.69, 9.17) is 0 Å². The number of fused-ring (bicyclic) bond motifs is 4. The Balaban J connectivity index is 1.82. The van der Waals surface area contributed by atoms with Gasteiger partial charge in [-0.2, -0.15) is 0 Å². The number of benzene rings is 4. The first-order valence-electron chi connectivity index (χ1n) is 8.21. The molecule has 0 bridgehead atoms. The molecule has 0 aliphatic heterocycles. The van der Waals surface area contributed by atoms with Crippen molar-refractivity contribution in [3.63, 3.8) is 0 Å². The van der Waals surface area contributed by atoms with Gasteiger partial charge in [0, 0.05) is 20.2 Å². The number of hydrogen-bond acceptors (Lipinski definition) is 1. The molecule has 0 amide bonds. The summed E-state index contributed by atoms with van der Waals surface area (Å²) in [5.41, 5.74) is 3.93. The summed E-state index contributed by atoms with van der Waals surface area (Å²) in [7, 11) is 0. The summed E-state index contributed by atoms with van der Waals surface area (Å²) in [5, 5.41) is 5.35. The van der Waals surface area contributed by atoms with Crippen molar-refractivity contribution in [2.75, 3.05) is 0 Å². The van der Waals surface area contributed by atoms with E-state index in [0.29, 0.717) is 0 Å². The molecule has 0 atom stereocenters. The zero-order chi connectivity index (χ0) is 16.1. The van der Waals surface area contributed by atoms with E-state index >= 15 is 0 Å². The molecule has 0 saturated carbocycles. The molecule has 0 N–H and O–H groups in total. The van der Waals surface area contributed by atoms with Crippen LogP contribution in [0, 0.1) is 6.92 Å². The van der Waals surface area contributed by atoms with Gasteiger partial charge in [0.1, 0.15) is 0 Å². The third kappa shape index (κ3) is 2.05. The van der Waals surface area contributed by atoms with E-state index in [-0.39, 0.29) is 0 Å². The third-order valence-corrected chi connectivity index (χ3v) is 5.83.